The van der Waals surface area contributed by atoms with Crippen LogP contribution in [0.15, 0.2) is 0 Å². The van der Waals surface area contributed by atoms with Crippen LogP contribution in [0.25, 0.3) is 0 Å². The van der Waals surface area contributed by atoms with Crippen molar-refractivity contribution in [2.75, 3.05) is 19.0 Å². The minimum atomic E-state index is 0.234. The molecule has 0 heterocycles. The van der Waals surface area contributed by atoms with E-state index in [1.165, 1.54) is 32.1 Å². The molecule has 84 valence electrons. The lowest BCUT2D eigenvalue weighted by molar-refractivity contribution is 0.0407. The second kappa shape index (κ2) is 6.02. The molecule has 0 atom stereocenters. The highest BCUT2D eigenvalue weighted by molar-refractivity contribution is 7.80. The summed E-state index contributed by atoms with van der Waals surface area (Å²) in [5, 5.41) is 0. The van der Waals surface area contributed by atoms with E-state index in [1.54, 1.807) is 0 Å². The summed E-state index contributed by atoms with van der Waals surface area (Å²) in [7, 11) is 0. The van der Waals surface area contributed by atoms with Crippen LogP contribution in [0.5, 0.6) is 0 Å². The average molecular weight is 216 g/mol. The molecule has 1 rings (SSSR count). The van der Waals surface area contributed by atoms with Crippen LogP contribution in [0.1, 0.15) is 46.0 Å². The Morgan fingerprint density at radius 2 is 1.86 bits per heavy atom. The van der Waals surface area contributed by atoms with E-state index < -0.39 is 0 Å². The quantitative estimate of drug-likeness (QED) is 0.692. The van der Waals surface area contributed by atoms with E-state index in [0.29, 0.717) is 0 Å². The Labute approximate surface area is 94.0 Å². The van der Waals surface area contributed by atoms with Crippen molar-refractivity contribution in [1.82, 2.24) is 0 Å². The van der Waals surface area contributed by atoms with Crippen molar-refractivity contribution in [2.45, 2.75) is 46.0 Å². The molecule has 0 aliphatic heterocycles. The number of hydrogen-bond donors (Lipinski definition) is 1. The monoisotopic (exact) mass is 216 g/mol. The molecule has 0 aromatic heterocycles. The molecule has 2 heteroatoms. The first-order valence-corrected chi connectivity index (χ1v) is 6.46. The van der Waals surface area contributed by atoms with E-state index in [9.17, 15) is 0 Å². The van der Waals surface area contributed by atoms with Crippen LogP contribution in [-0.2, 0) is 4.74 Å². The number of hydrogen-bond acceptors (Lipinski definition) is 2. The molecule has 1 fully saturated rings. The zero-order valence-corrected chi connectivity index (χ0v) is 10.5. The molecular formula is C12H24OS. The van der Waals surface area contributed by atoms with Gasteiger partial charge in [-0.05, 0) is 29.9 Å². The molecule has 0 saturated heterocycles. The molecule has 0 bridgehead atoms. The Balaban J connectivity index is 2.08. The van der Waals surface area contributed by atoms with Gasteiger partial charge in [-0.3, -0.25) is 0 Å². The van der Waals surface area contributed by atoms with Gasteiger partial charge in [-0.1, -0.05) is 33.1 Å². The molecule has 0 N–H and O–H groups in total. The summed E-state index contributed by atoms with van der Waals surface area (Å²) in [5.41, 5.74) is 0.234. The van der Waals surface area contributed by atoms with Crippen LogP contribution < -0.4 is 0 Å². The van der Waals surface area contributed by atoms with E-state index in [0.717, 1.165) is 24.9 Å². The standard InChI is InChI=1S/C12H24OS/c1-12(2,10-14)9-13-8-11-6-4-3-5-7-11/h11,14H,3-10H2,1-2H3. The van der Waals surface area contributed by atoms with Crippen molar-refractivity contribution in [3.63, 3.8) is 0 Å². The van der Waals surface area contributed by atoms with Gasteiger partial charge in [0.05, 0.1) is 6.61 Å². The van der Waals surface area contributed by atoms with Crippen molar-refractivity contribution < 1.29 is 4.74 Å². The van der Waals surface area contributed by atoms with Crippen LogP contribution >= 0.6 is 12.6 Å². The highest BCUT2D eigenvalue weighted by Crippen LogP contribution is 2.24. The molecule has 14 heavy (non-hydrogen) atoms. The summed E-state index contributed by atoms with van der Waals surface area (Å²) in [6, 6.07) is 0. The Morgan fingerprint density at radius 3 is 2.43 bits per heavy atom. The maximum atomic E-state index is 5.78. The van der Waals surface area contributed by atoms with Crippen LogP contribution in [-0.4, -0.2) is 19.0 Å². The lowest BCUT2D eigenvalue weighted by Crippen LogP contribution is -2.24. The van der Waals surface area contributed by atoms with Crippen LogP contribution in [0.2, 0.25) is 0 Å². The van der Waals surface area contributed by atoms with Gasteiger partial charge in [-0.25, -0.2) is 0 Å². The molecule has 1 saturated carbocycles. The van der Waals surface area contributed by atoms with Crippen molar-refractivity contribution in [1.29, 1.82) is 0 Å². The predicted octanol–water partition coefficient (Wildman–Crippen LogP) is 3.54. The fraction of sp³-hybridized carbons (Fsp3) is 1.00. The first kappa shape index (κ1) is 12.4. The minimum Gasteiger partial charge on any atom is -0.381 e. The van der Waals surface area contributed by atoms with Gasteiger partial charge in [0.15, 0.2) is 0 Å². The number of ether oxygens (including phenoxy) is 1. The second-order valence-electron chi connectivity index (χ2n) is 5.34. The van der Waals surface area contributed by atoms with Crippen LogP contribution in [0, 0.1) is 11.3 Å². The third-order valence-electron chi connectivity index (χ3n) is 3.00. The highest BCUT2D eigenvalue weighted by atomic mass is 32.1. The van der Waals surface area contributed by atoms with Gasteiger partial charge < -0.3 is 4.74 Å². The molecule has 0 radical (unpaired) electrons. The molecule has 0 spiro atoms. The van der Waals surface area contributed by atoms with Crippen molar-refractivity contribution in [3.8, 4) is 0 Å². The van der Waals surface area contributed by atoms with Crippen LogP contribution in [0.4, 0.5) is 0 Å². The smallest absolute Gasteiger partial charge is 0.0525 e. The molecule has 1 aliphatic carbocycles. The molecule has 0 aromatic rings. The van der Waals surface area contributed by atoms with Crippen LogP contribution in [0.3, 0.4) is 0 Å². The van der Waals surface area contributed by atoms with E-state index in [-0.39, 0.29) is 5.41 Å². The number of thiol groups is 1. The van der Waals surface area contributed by atoms with Gasteiger partial charge in [0.2, 0.25) is 0 Å². The summed E-state index contributed by atoms with van der Waals surface area (Å²) in [4.78, 5) is 0. The third kappa shape index (κ3) is 4.70. The van der Waals surface area contributed by atoms with Crippen molar-refractivity contribution in [2.24, 2.45) is 11.3 Å². The van der Waals surface area contributed by atoms with Gasteiger partial charge in [0.25, 0.3) is 0 Å². The Bertz CT molecular complexity index is 150. The first-order valence-electron chi connectivity index (χ1n) is 5.83. The molecular weight excluding hydrogens is 192 g/mol. The zero-order chi connectivity index (χ0) is 10.4. The Hall–Kier alpha value is 0.310. The van der Waals surface area contributed by atoms with E-state index in [2.05, 4.69) is 26.5 Å². The van der Waals surface area contributed by atoms with Gasteiger partial charge in [0.1, 0.15) is 0 Å². The maximum Gasteiger partial charge on any atom is 0.0525 e. The largest absolute Gasteiger partial charge is 0.381 e. The number of rotatable bonds is 5. The Kier molecular flexibility index (Phi) is 5.32. The summed E-state index contributed by atoms with van der Waals surface area (Å²) in [6.07, 6.45) is 7.00. The van der Waals surface area contributed by atoms with Gasteiger partial charge in [-0.15, -0.1) is 0 Å². The Morgan fingerprint density at radius 1 is 1.21 bits per heavy atom. The molecule has 1 nitrogen and oxygen atoms in total. The van der Waals surface area contributed by atoms with E-state index in [1.807, 2.05) is 0 Å². The SMILES string of the molecule is CC(C)(CS)COCC1CCCCC1. The maximum absolute atomic E-state index is 5.78. The summed E-state index contributed by atoms with van der Waals surface area (Å²) in [6.45, 7) is 6.24. The summed E-state index contributed by atoms with van der Waals surface area (Å²) < 4.78 is 5.78. The van der Waals surface area contributed by atoms with Gasteiger partial charge in [-0.2, -0.15) is 12.6 Å². The normalized spacial score (nSPS) is 19.9. The van der Waals surface area contributed by atoms with Crippen molar-refractivity contribution in [3.05, 3.63) is 0 Å². The minimum absolute atomic E-state index is 0.234. The van der Waals surface area contributed by atoms with Gasteiger partial charge >= 0.3 is 0 Å². The molecule has 1 aliphatic rings. The predicted molar refractivity (Wildman–Crippen MR) is 65.0 cm³/mol. The molecule has 0 aromatic carbocycles. The fourth-order valence-corrected chi connectivity index (χ4v) is 1.99. The topological polar surface area (TPSA) is 9.23 Å². The third-order valence-corrected chi connectivity index (χ3v) is 3.86. The van der Waals surface area contributed by atoms with E-state index in [4.69, 9.17) is 4.74 Å². The molecule has 0 unspecified atom stereocenters. The highest BCUT2D eigenvalue weighted by Gasteiger charge is 2.18. The zero-order valence-electron chi connectivity index (χ0n) is 9.59. The first-order chi connectivity index (χ1) is 6.64. The summed E-state index contributed by atoms with van der Waals surface area (Å²) >= 11 is 4.32. The average Bonchev–Trinajstić information content (AvgIpc) is 2.19. The lowest BCUT2D eigenvalue weighted by Gasteiger charge is -2.25. The second-order valence-corrected chi connectivity index (χ2v) is 5.66. The van der Waals surface area contributed by atoms with Gasteiger partial charge in [0, 0.05) is 6.61 Å². The fourth-order valence-electron chi connectivity index (χ4n) is 1.90. The van der Waals surface area contributed by atoms with Crippen molar-refractivity contribution >= 4 is 12.6 Å². The molecule has 0 amide bonds. The van der Waals surface area contributed by atoms with E-state index >= 15 is 0 Å². The lowest BCUT2D eigenvalue weighted by atomic mass is 9.90. The summed E-state index contributed by atoms with van der Waals surface area (Å²) in [5.74, 6) is 1.73.